The summed E-state index contributed by atoms with van der Waals surface area (Å²) in [5, 5.41) is 4.97. The minimum absolute atomic E-state index is 0.255. The maximum Gasteiger partial charge on any atom is 0.260 e. The number of thiophene rings is 1. The van der Waals surface area contributed by atoms with Gasteiger partial charge in [0.15, 0.2) is 0 Å². The maximum atomic E-state index is 12.6. The van der Waals surface area contributed by atoms with Crippen molar-refractivity contribution in [2.45, 2.75) is 0 Å². The Morgan fingerprint density at radius 3 is 2.70 bits per heavy atom. The lowest BCUT2D eigenvalue weighted by Crippen LogP contribution is -2.22. The average molecular weight is 327 g/mol. The van der Waals surface area contributed by atoms with Crippen LogP contribution in [0.15, 0.2) is 46.6 Å². The van der Waals surface area contributed by atoms with Crippen molar-refractivity contribution in [2.24, 2.45) is 12.8 Å². The molecule has 2 aromatic heterocycles. The topological polar surface area (TPSA) is 94.2 Å². The molecule has 23 heavy (non-hydrogen) atoms. The third kappa shape index (κ3) is 2.62. The monoisotopic (exact) mass is 327 g/mol. The van der Waals surface area contributed by atoms with Crippen molar-refractivity contribution in [1.29, 1.82) is 0 Å². The molecule has 3 N–H and O–H groups in total. The second-order valence-corrected chi connectivity index (χ2v) is 5.87. The zero-order valence-electron chi connectivity index (χ0n) is 12.2. The molecule has 0 bridgehead atoms. The molecule has 0 spiro atoms. The number of aromatic nitrogens is 1. The summed E-state index contributed by atoms with van der Waals surface area (Å²) >= 11 is 1.15. The number of para-hydroxylation sites is 1. The Morgan fingerprint density at radius 1 is 1.22 bits per heavy atom. The summed E-state index contributed by atoms with van der Waals surface area (Å²) in [6, 6.07) is 10.0. The van der Waals surface area contributed by atoms with E-state index in [9.17, 15) is 14.4 Å². The summed E-state index contributed by atoms with van der Waals surface area (Å²) in [5.74, 6) is -1.07. The van der Waals surface area contributed by atoms with Gasteiger partial charge in [-0.3, -0.25) is 14.4 Å². The lowest BCUT2D eigenvalue weighted by molar-refractivity contribution is 0.100. The zero-order chi connectivity index (χ0) is 16.6. The number of carbonyl (C=O) groups is 2. The van der Waals surface area contributed by atoms with E-state index in [2.05, 4.69) is 5.32 Å². The summed E-state index contributed by atoms with van der Waals surface area (Å²) in [6.07, 6.45) is 0. The van der Waals surface area contributed by atoms with Crippen LogP contribution in [0, 0.1) is 0 Å². The van der Waals surface area contributed by atoms with Gasteiger partial charge < -0.3 is 15.6 Å². The Kier molecular flexibility index (Phi) is 3.71. The second-order valence-electron chi connectivity index (χ2n) is 4.95. The van der Waals surface area contributed by atoms with Gasteiger partial charge in [0.05, 0.1) is 16.8 Å². The third-order valence-corrected chi connectivity index (χ3v) is 4.46. The van der Waals surface area contributed by atoms with Gasteiger partial charge in [-0.2, -0.15) is 0 Å². The van der Waals surface area contributed by atoms with Crippen LogP contribution in [0.4, 0.5) is 5.69 Å². The van der Waals surface area contributed by atoms with E-state index in [0.29, 0.717) is 16.6 Å². The fourth-order valence-corrected chi connectivity index (χ4v) is 3.09. The maximum absolute atomic E-state index is 12.6. The van der Waals surface area contributed by atoms with E-state index < -0.39 is 11.8 Å². The molecule has 2 heterocycles. The summed E-state index contributed by atoms with van der Waals surface area (Å²) in [4.78, 5) is 36.2. The van der Waals surface area contributed by atoms with Crippen LogP contribution < -0.4 is 16.6 Å². The molecular formula is C16H13N3O3S. The second kappa shape index (κ2) is 5.69. The first-order chi connectivity index (χ1) is 11.0. The first-order valence-corrected chi connectivity index (χ1v) is 7.64. The molecule has 2 amide bonds. The number of nitrogens with one attached hydrogen (secondary N) is 1. The molecule has 0 aliphatic rings. The van der Waals surface area contributed by atoms with Gasteiger partial charge in [-0.1, -0.05) is 18.2 Å². The Balaban J connectivity index is 2.08. The highest BCUT2D eigenvalue weighted by Gasteiger charge is 2.17. The Morgan fingerprint density at radius 2 is 1.96 bits per heavy atom. The molecule has 0 unspecified atom stereocenters. The van der Waals surface area contributed by atoms with Gasteiger partial charge in [0.1, 0.15) is 4.88 Å². The molecule has 116 valence electrons. The first kappa shape index (κ1) is 15.0. The number of primary amides is 1. The molecule has 0 fully saturated rings. The highest BCUT2D eigenvalue weighted by atomic mass is 32.1. The molecule has 3 rings (SSSR count). The predicted molar refractivity (Wildman–Crippen MR) is 90.0 cm³/mol. The number of nitrogens with zero attached hydrogens (tertiary/aromatic N) is 1. The fraction of sp³-hybridized carbons (Fsp3) is 0.0625. The van der Waals surface area contributed by atoms with Gasteiger partial charge in [0, 0.05) is 18.5 Å². The van der Waals surface area contributed by atoms with Crippen molar-refractivity contribution in [3.8, 4) is 0 Å². The molecule has 0 saturated carbocycles. The lowest BCUT2D eigenvalue weighted by atomic mass is 10.1. The van der Waals surface area contributed by atoms with Gasteiger partial charge in [-0.15, -0.1) is 11.3 Å². The lowest BCUT2D eigenvalue weighted by Gasteiger charge is -2.10. The number of pyridine rings is 1. The Labute approximate surface area is 135 Å². The van der Waals surface area contributed by atoms with Crippen LogP contribution in [0.5, 0.6) is 0 Å². The molecule has 7 heteroatoms. The van der Waals surface area contributed by atoms with Gasteiger partial charge in [0.2, 0.25) is 0 Å². The largest absolute Gasteiger partial charge is 0.365 e. The van der Waals surface area contributed by atoms with Crippen molar-refractivity contribution in [1.82, 2.24) is 4.57 Å². The highest BCUT2D eigenvalue weighted by Crippen LogP contribution is 2.23. The van der Waals surface area contributed by atoms with Crippen molar-refractivity contribution < 1.29 is 9.59 Å². The molecule has 1 aromatic carbocycles. The summed E-state index contributed by atoms with van der Waals surface area (Å²) in [7, 11) is 1.65. The van der Waals surface area contributed by atoms with Crippen LogP contribution in [-0.4, -0.2) is 16.4 Å². The number of aryl methyl sites for hydroxylation is 1. The molecular weight excluding hydrogens is 314 g/mol. The molecule has 0 saturated heterocycles. The summed E-state index contributed by atoms with van der Waals surface area (Å²) < 4.78 is 1.48. The van der Waals surface area contributed by atoms with Crippen LogP contribution in [0.1, 0.15) is 20.0 Å². The first-order valence-electron chi connectivity index (χ1n) is 6.76. The van der Waals surface area contributed by atoms with E-state index in [1.54, 1.807) is 42.8 Å². The van der Waals surface area contributed by atoms with Crippen LogP contribution >= 0.6 is 11.3 Å². The smallest absolute Gasteiger partial charge is 0.260 e. The molecule has 0 aliphatic carbocycles. The van der Waals surface area contributed by atoms with Crippen LogP contribution in [0.25, 0.3) is 10.9 Å². The number of nitrogens with two attached hydrogens (primary N) is 1. The van der Waals surface area contributed by atoms with E-state index in [1.165, 1.54) is 10.6 Å². The fourth-order valence-electron chi connectivity index (χ4n) is 2.39. The van der Waals surface area contributed by atoms with E-state index in [0.717, 1.165) is 11.3 Å². The van der Waals surface area contributed by atoms with Gasteiger partial charge in [-0.05, 0) is 17.5 Å². The van der Waals surface area contributed by atoms with Crippen LogP contribution in [0.3, 0.4) is 0 Å². The standard InChI is InChI=1S/C16H13N3O3S/c1-19-12-5-3-2-4-9(12)10(8-13(19)20)16(22)18-11-6-7-23-14(11)15(17)21/h2-8H,1H3,(H2,17,21)(H,18,22). The van der Waals surface area contributed by atoms with Crippen molar-refractivity contribution in [2.75, 3.05) is 5.32 Å². The third-order valence-electron chi connectivity index (χ3n) is 3.54. The van der Waals surface area contributed by atoms with Gasteiger partial charge in [-0.25, -0.2) is 0 Å². The van der Waals surface area contributed by atoms with Crippen LogP contribution in [-0.2, 0) is 7.05 Å². The number of hydrogen-bond acceptors (Lipinski definition) is 4. The highest BCUT2D eigenvalue weighted by molar-refractivity contribution is 7.12. The predicted octanol–water partition coefficient (Wildman–Crippen LogP) is 1.95. The number of hydrogen-bond donors (Lipinski definition) is 2. The van der Waals surface area contributed by atoms with Gasteiger partial charge >= 0.3 is 0 Å². The van der Waals surface area contributed by atoms with E-state index in [1.807, 2.05) is 0 Å². The number of anilines is 1. The Hall–Kier alpha value is -2.93. The molecule has 0 aliphatic heterocycles. The molecule has 6 nitrogen and oxygen atoms in total. The number of fused-ring (bicyclic) bond motifs is 1. The average Bonchev–Trinajstić information content (AvgIpc) is 2.99. The minimum atomic E-state index is -0.607. The van der Waals surface area contributed by atoms with Gasteiger partial charge in [0.25, 0.3) is 17.4 Å². The summed E-state index contributed by atoms with van der Waals surface area (Å²) in [5.41, 5.74) is 6.25. The van der Waals surface area contributed by atoms with E-state index in [4.69, 9.17) is 5.73 Å². The van der Waals surface area contributed by atoms with Crippen molar-refractivity contribution in [3.63, 3.8) is 0 Å². The zero-order valence-corrected chi connectivity index (χ0v) is 13.0. The molecule has 3 aromatic rings. The number of rotatable bonds is 3. The minimum Gasteiger partial charge on any atom is -0.365 e. The molecule has 0 atom stereocenters. The normalized spacial score (nSPS) is 10.7. The van der Waals surface area contributed by atoms with Crippen molar-refractivity contribution >= 4 is 39.7 Å². The molecule has 0 radical (unpaired) electrons. The quantitative estimate of drug-likeness (QED) is 0.770. The van der Waals surface area contributed by atoms with E-state index in [-0.39, 0.29) is 16.0 Å². The SMILES string of the molecule is Cn1c(=O)cc(C(=O)Nc2ccsc2C(N)=O)c2ccccc21. The van der Waals surface area contributed by atoms with Crippen molar-refractivity contribution in [3.05, 3.63) is 62.6 Å². The van der Waals surface area contributed by atoms with E-state index >= 15 is 0 Å². The summed E-state index contributed by atoms with van der Waals surface area (Å²) in [6.45, 7) is 0. The number of benzene rings is 1. The number of amides is 2. The Bertz CT molecular complexity index is 988. The number of carbonyl (C=O) groups excluding carboxylic acids is 2. The van der Waals surface area contributed by atoms with Crippen LogP contribution in [0.2, 0.25) is 0 Å².